The van der Waals surface area contributed by atoms with Crippen molar-refractivity contribution in [1.29, 1.82) is 0 Å². The SMILES string of the molecule is CCO[C@@H]1OC(C(=O)N2CCC(N3CCCCC3)CC2)=C[C@H](c2ccccc2)[C@@H]1CCCO. The summed E-state index contributed by atoms with van der Waals surface area (Å²) < 4.78 is 12.2. The van der Waals surface area contributed by atoms with Crippen molar-refractivity contribution in [3.8, 4) is 0 Å². The number of nitrogens with zero attached hydrogens (tertiary/aromatic N) is 2. The predicted molar refractivity (Wildman–Crippen MR) is 129 cm³/mol. The lowest BCUT2D eigenvalue weighted by Crippen LogP contribution is -2.49. The maximum absolute atomic E-state index is 13.5. The van der Waals surface area contributed by atoms with Crippen LogP contribution in [-0.2, 0) is 14.3 Å². The lowest BCUT2D eigenvalue weighted by atomic mass is 9.80. The predicted octanol–water partition coefficient (Wildman–Crippen LogP) is 3.91. The lowest BCUT2D eigenvalue weighted by molar-refractivity contribution is -0.171. The number of hydrogen-bond donors (Lipinski definition) is 1. The van der Waals surface area contributed by atoms with E-state index in [-0.39, 0.29) is 24.3 Å². The third kappa shape index (κ3) is 5.97. The fourth-order valence-corrected chi connectivity index (χ4v) is 5.69. The summed E-state index contributed by atoms with van der Waals surface area (Å²) in [6.07, 6.45) is 9.01. The number of rotatable bonds is 8. The highest BCUT2D eigenvalue weighted by Crippen LogP contribution is 2.39. The van der Waals surface area contributed by atoms with E-state index in [1.54, 1.807) is 0 Å². The van der Waals surface area contributed by atoms with E-state index >= 15 is 0 Å². The van der Waals surface area contributed by atoms with Crippen molar-refractivity contribution in [3.05, 3.63) is 47.7 Å². The Morgan fingerprint density at radius 2 is 1.82 bits per heavy atom. The van der Waals surface area contributed by atoms with Gasteiger partial charge < -0.3 is 24.4 Å². The molecule has 6 heteroatoms. The smallest absolute Gasteiger partial charge is 0.288 e. The van der Waals surface area contributed by atoms with Gasteiger partial charge in [0.15, 0.2) is 5.76 Å². The Morgan fingerprint density at radius 1 is 1.09 bits per heavy atom. The number of ether oxygens (including phenoxy) is 2. The summed E-state index contributed by atoms with van der Waals surface area (Å²) >= 11 is 0. The van der Waals surface area contributed by atoms with Crippen LogP contribution < -0.4 is 0 Å². The molecule has 2 saturated heterocycles. The Labute approximate surface area is 198 Å². The first-order chi connectivity index (χ1) is 16.2. The summed E-state index contributed by atoms with van der Waals surface area (Å²) in [4.78, 5) is 18.1. The van der Waals surface area contributed by atoms with E-state index < -0.39 is 6.29 Å². The topological polar surface area (TPSA) is 62.2 Å². The quantitative estimate of drug-likeness (QED) is 0.643. The first-order valence-corrected chi connectivity index (χ1v) is 12.9. The first-order valence-electron chi connectivity index (χ1n) is 12.9. The van der Waals surface area contributed by atoms with Gasteiger partial charge in [-0.15, -0.1) is 0 Å². The molecule has 0 aromatic heterocycles. The molecule has 0 bridgehead atoms. The van der Waals surface area contributed by atoms with E-state index in [4.69, 9.17) is 9.47 Å². The number of carbonyl (C=O) groups excluding carboxylic acids is 1. The van der Waals surface area contributed by atoms with E-state index in [1.165, 1.54) is 32.4 Å². The van der Waals surface area contributed by atoms with Crippen molar-refractivity contribution in [2.45, 2.75) is 70.1 Å². The number of piperidine rings is 2. The van der Waals surface area contributed by atoms with Gasteiger partial charge in [-0.3, -0.25) is 4.79 Å². The molecule has 182 valence electrons. The molecule has 0 radical (unpaired) electrons. The van der Waals surface area contributed by atoms with Gasteiger partial charge in [0.05, 0.1) is 0 Å². The fraction of sp³-hybridized carbons (Fsp3) is 0.667. The number of allylic oxidation sites excluding steroid dienone is 1. The van der Waals surface area contributed by atoms with Crippen LogP contribution >= 0.6 is 0 Å². The molecule has 6 nitrogen and oxygen atoms in total. The Hall–Kier alpha value is -1.89. The standard InChI is InChI=1S/C27H40N2O4/c1-2-32-27-23(12-9-19-30)24(21-10-5-3-6-11-21)20-25(33-27)26(31)29-17-13-22(14-18-29)28-15-7-4-8-16-28/h3,5-6,10-11,20,22-24,27,30H,2,4,7-9,12-19H2,1H3/t23-,24+,27+/m0/s1. The number of hydrogen-bond acceptors (Lipinski definition) is 5. The molecule has 1 aromatic carbocycles. The van der Waals surface area contributed by atoms with Crippen LogP contribution in [0.4, 0.5) is 0 Å². The number of amides is 1. The van der Waals surface area contributed by atoms with Gasteiger partial charge in [0.1, 0.15) is 0 Å². The minimum Gasteiger partial charge on any atom is -0.459 e. The summed E-state index contributed by atoms with van der Waals surface area (Å²) in [7, 11) is 0. The molecule has 1 N–H and O–H groups in total. The van der Waals surface area contributed by atoms with Gasteiger partial charge in [0.2, 0.25) is 6.29 Å². The van der Waals surface area contributed by atoms with Crippen molar-refractivity contribution < 1.29 is 19.4 Å². The highest BCUT2D eigenvalue weighted by atomic mass is 16.7. The van der Waals surface area contributed by atoms with Crippen LogP contribution in [0.3, 0.4) is 0 Å². The molecule has 3 aliphatic rings. The number of aliphatic hydroxyl groups excluding tert-OH is 1. The zero-order chi connectivity index (χ0) is 23.0. The molecule has 4 rings (SSSR count). The Balaban J connectivity index is 1.49. The minimum atomic E-state index is -0.485. The molecule has 33 heavy (non-hydrogen) atoms. The van der Waals surface area contributed by atoms with E-state index in [9.17, 15) is 9.90 Å². The molecule has 2 fully saturated rings. The van der Waals surface area contributed by atoms with Gasteiger partial charge in [0, 0.05) is 44.2 Å². The van der Waals surface area contributed by atoms with Gasteiger partial charge >= 0.3 is 0 Å². The van der Waals surface area contributed by atoms with Crippen LogP contribution in [0.5, 0.6) is 0 Å². The summed E-state index contributed by atoms with van der Waals surface area (Å²) in [5.74, 6) is 0.478. The third-order valence-corrected chi connectivity index (χ3v) is 7.47. The van der Waals surface area contributed by atoms with E-state index in [2.05, 4.69) is 17.0 Å². The highest BCUT2D eigenvalue weighted by molar-refractivity contribution is 5.92. The Kier molecular flexibility index (Phi) is 8.82. The normalized spacial score (nSPS) is 27.2. The van der Waals surface area contributed by atoms with Crippen molar-refractivity contribution in [1.82, 2.24) is 9.80 Å². The van der Waals surface area contributed by atoms with E-state index in [1.807, 2.05) is 36.1 Å². The maximum atomic E-state index is 13.5. The minimum absolute atomic E-state index is 0.0154. The molecule has 0 aliphatic carbocycles. The van der Waals surface area contributed by atoms with Gasteiger partial charge in [0.25, 0.3) is 5.91 Å². The molecule has 3 heterocycles. The second-order valence-corrected chi connectivity index (χ2v) is 9.56. The Bertz CT molecular complexity index is 770. The van der Waals surface area contributed by atoms with Crippen LogP contribution in [-0.4, -0.2) is 72.5 Å². The molecular weight excluding hydrogens is 416 g/mol. The molecule has 1 amide bonds. The first kappa shape index (κ1) is 24.2. The van der Waals surface area contributed by atoms with Crippen LogP contribution in [0.15, 0.2) is 42.2 Å². The average Bonchev–Trinajstić information content (AvgIpc) is 2.88. The van der Waals surface area contributed by atoms with Gasteiger partial charge in [-0.05, 0) is 70.2 Å². The molecule has 0 saturated carbocycles. The summed E-state index contributed by atoms with van der Waals surface area (Å²) in [5.41, 5.74) is 1.16. The lowest BCUT2D eigenvalue weighted by Gasteiger charge is -2.41. The number of carbonyl (C=O) groups is 1. The third-order valence-electron chi connectivity index (χ3n) is 7.47. The van der Waals surface area contributed by atoms with Gasteiger partial charge in [-0.25, -0.2) is 0 Å². The van der Waals surface area contributed by atoms with Crippen molar-refractivity contribution >= 4 is 5.91 Å². The molecule has 3 aliphatic heterocycles. The Morgan fingerprint density at radius 3 is 2.48 bits per heavy atom. The summed E-state index contributed by atoms with van der Waals surface area (Å²) in [5, 5.41) is 9.43. The van der Waals surface area contributed by atoms with Gasteiger partial charge in [-0.1, -0.05) is 36.8 Å². The van der Waals surface area contributed by atoms with E-state index in [0.717, 1.165) is 37.9 Å². The zero-order valence-electron chi connectivity index (χ0n) is 20.0. The second kappa shape index (κ2) is 12.0. The highest BCUT2D eigenvalue weighted by Gasteiger charge is 2.39. The van der Waals surface area contributed by atoms with Gasteiger partial charge in [-0.2, -0.15) is 0 Å². The van der Waals surface area contributed by atoms with Crippen LogP contribution in [0.1, 0.15) is 63.4 Å². The molecule has 1 aromatic rings. The van der Waals surface area contributed by atoms with E-state index in [0.29, 0.717) is 24.8 Å². The van der Waals surface area contributed by atoms with Crippen molar-refractivity contribution in [2.24, 2.45) is 5.92 Å². The maximum Gasteiger partial charge on any atom is 0.288 e. The van der Waals surface area contributed by atoms with Crippen LogP contribution in [0.25, 0.3) is 0 Å². The average molecular weight is 457 g/mol. The van der Waals surface area contributed by atoms with Crippen molar-refractivity contribution in [3.63, 3.8) is 0 Å². The fourth-order valence-electron chi connectivity index (χ4n) is 5.69. The number of likely N-dealkylation sites (tertiary alicyclic amines) is 2. The molecular formula is C27H40N2O4. The largest absolute Gasteiger partial charge is 0.459 e. The number of aliphatic hydroxyl groups is 1. The molecule has 0 spiro atoms. The zero-order valence-corrected chi connectivity index (χ0v) is 20.0. The molecule has 0 unspecified atom stereocenters. The van der Waals surface area contributed by atoms with Crippen molar-refractivity contribution in [2.75, 3.05) is 39.4 Å². The summed E-state index contributed by atoms with van der Waals surface area (Å²) in [6, 6.07) is 10.9. The van der Waals surface area contributed by atoms with Crippen LogP contribution in [0, 0.1) is 5.92 Å². The van der Waals surface area contributed by atoms with Crippen LogP contribution in [0.2, 0.25) is 0 Å². The number of benzene rings is 1. The molecule has 3 atom stereocenters. The second-order valence-electron chi connectivity index (χ2n) is 9.56. The summed E-state index contributed by atoms with van der Waals surface area (Å²) in [6.45, 7) is 6.58. The monoisotopic (exact) mass is 456 g/mol.